The van der Waals surface area contributed by atoms with Crippen molar-refractivity contribution in [1.29, 1.82) is 0 Å². The molecule has 0 spiro atoms. The minimum atomic E-state index is -5.28. The third-order valence-electron chi connectivity index (χ3n) is 3.46. The number of amides is 2. The fraction of sp³-hybridized carbons (Fsp3) is 0.429. The number of anilines is 2. The number of halogens is 7. The summed E-state index contributed by atoms with van der Waals surface area (Å²) in [5.41, 5.74) is -8.19. The summed E-state index contributed by atoms with van der Waals surface area (Å²) in [4.78, 5) is 23.1. The molecule has 0 saturated heterocycles. The lowest BCUT2D eigenvalue weighted by molar-refractivity contribution is -0.243. The number of rotatable bonds is 4. The van der Waals surface area contributed by atoms with Gasteiger partial charge in [0.1, 0.15) is 0 Å². The highest BCUT2D eigenvalue weighted by atomic mass is 35.5. The smallest absolute Gasteiger partial charge is 0.373 e. The van der Waals surface area contributed by atoms with E-state index in [1.54, 1.807) is 10.6 Å². The average molecular weight is 423 g/mol. The molecule has 2 unspecified atom stereocenters. The third kappa shape index (κ3) is 4.82. The van der Waals surface area contributed by atoms with Crippen LogP contribution >= 0.6 is 11.6 Å². The van der Waals surface area contributed by atoms with Gasteiger partial charge in [-0.15, -0.1) is 0 Å². The van der Waals surface area contributed by atoms with Gasteiger partial charge in [0, 0.05) is 5.69 Å². The van der Waals surface area contributed by atoms with Crippen molar-refractivity contribution in [1.82, 2.24) is 0 Å². The Balaban J connectivity index is 2.99. The number of alkyl halides is 6. The van der Waals surface area contributed by atoms with Gasteiger partial charge in [0.2, 0.25) is 11.2 Å². The van der Waals surface area contributed by atoms with Crippen molar-refractivity contribution < 1.29 is 46.1 Å². The number of benzene rings is 1. The molecular weight excluding hydrogens is 410 g/mol. The Morgan fingerprint density at radius 1 is 0.889 bits per heavy atom. The summed E-state index contributed by atoms with van der Waals surface area (Å²) < 4.78 is 75.5. The number of aliphatic hydroxyl groups is 2. The summed E-state index contributed by atoms with van der Waals surface area (Å²) in [6, 6.07) is 2.61. The van der Waals surface area contributed by atoms with E-state index in [9.17, 15) is 46.1 Å². The van der Waals surface area contributed by atoms with E-state index in [-0.39, 0.29) is 19.5 Å². The zero-order valence-corrected chi connectivity index (χ0v) is 14.3. The second-order valence-electron chi connectivity index (χ2n) is 5.74. The van der Waals surface area contributed by atoms with E-state index in [1.165, 1.54) is 0 Å². The summed E-state index contributed by atoms with van der Waals surface area (Å²) in [6.07, 6.45) is -10.5. The number of hydrogen-bond acceptors (Lipinski definition) is 4. The Bertz CT molecular complexity index is 746. The molecule has 1 rings (SSSR count). The maximum Gasteiger partial charge on any atom is 0.426 e. The van der Waals surface area contributed by atoms with Crippen LogP contribution in [-0.2, 0) is 9.59 Å². The Hall–Kier alpha value is -2.05. The highest BCUT2D eigenvalue weighted by Crippen LogP contribution is 2.34. The fourth-order valence-electron chi connectivity index (χ4n) is 1.45. The van der Waals surface area contributed by atoms with Crippen molar-refractivity contribution in [3.8, 4) is 0 Å². The first-order chi connectivity index (χ1) is 11.9. The number of carbonyl (C=O) groups excluding carboxylic acids is 2. The molecule has 2 atom stereocenters. The van der Waals surface area contributed by atoms with Gasteiger partial charge >= 0.3 is 12.4 Å². The number of carbonyl (C=O) groups is 2. The van der Waals surface area contributed by atoms with Crippen LogP contribution in [0.4, 0.5) is 37.7 Å². The first kappa shape index (κ1) is 23.0. The summed E-state index contributed by atoms with van der Waals surface area (Å²) in [5, 5.41) is 21.5. The van der Waals surface area contributed by atoms with E-state index in [2.05, 4.69) is 0 Å². The first-order valence-corrected chi connectivity index (χ1v) is 7.29. The summed E-state index contributed by atoms with van der Waals surface area (Å²) in [7, 11) is 0. The SMILES string of the molecule is CC(O)(C(=O)Nc1ccc(NC(=O)C(C)(O)C(F)(F)F)c(Cl)c1)C(F)(F)F. The molecule has 152 valence electrons. The van der Waals surface area contributed by atoms with Crippen LogP contribution in [0.25, 0.3) is 0 Å². The van der Waals surface area contributed by atoms with Crippen LogP contribution in [-0.4, -0.2) is 45.6 Å². The molecule has 0 aliphatic rings. The maximum absolute atomic E-state index is 12.6. The molecular formula is C14H13ClF6N2O4. The van der Waals surface area contributed by atoms with Crippen LogP contribution < -0.4 is 10.6 Å². The average Bonchev–Trinajstić information content (AvgIpc) is 2.47. The first-order valence-electron chi connectivity index (χ1n) is 6.92. The fourth-order valence-corrected chi connectivity index (χ4v) is 1.68. The topological polar surface area (TPSA) is 98.7 Å². The van der Waals surface area contributed by atoms with E-state index in [4.69, 9.17) is 11.6 Å². The van der Waals surface area contributed by atoms with Crippen molar-refractivity contribution >= 4 is 34.8 Å². The standard InChI is InChI=1S/C14H13ClF6N2O4/c1-11(26,13(16,17)18)9(24)22-6-3-4-8(7(15)5-6)23-10(25)12(2,27)14(19,20)21/h3-5,26-27H,1-2H3,(H,22,24)(H,23,25). The highest BCUT2D eigenvalue weighted by Gasteiger charge is 2.56. The molecule has 1 aromatic carbocycles. The quantitative estimate of drug-likeness (QED) is 0.561. The normalized spacial score (nSPS) is 16.9. The van der Waals surface area contributed by atoms with Crippen molar-refractivity contribution in [3.63, 3.8) is 0 Å². The van der Waals surface area contributed by atoms with E-state index in [1.807, 2.05) is 0 Å². The molecule has 0 bridgehead atoms. The summed E-state index contributed by atoms with van der Waals surface area (Å²) in [5.74, 6) is -3.68. The molecule has 4 N–H and O–H groups in total. The van der Waals surface area contributed by atoms with Gasteiger partial charge in [-0.05, 0) is 32.0 Å². The van der Waals surface area contributed by atoms with Crippen LogP contribution in [0.3, 0.4) is 0 Å². The molecule has 0 aliphatic heterocycles. The van der Waals surface area contributed by atoms with Gasteiger partial charge in [0.15, 0.2) is 0 Å². The van der Waals surface area contributed by atoms with E-state index < -0.39 is 46.1 Å². The lowest BCUT2D eigenvalue weighted by atomic mass is 10.1. The Kier molecular flexibility index (Phi) is 6.10. The minimum Gasteiger partial charge on any atom is -0.373 e. The second kappa shape index (κ2) is 7.17. The minimum absolute atomic E-state index is 0.212. The van der Waals surface area contributed by atoms with Gasteiger partial charge in [-0.25, -0.2) is 0 Å². The Labute approximate surface area is 153 Å². The van der Waals surface area contributed by atoms with E-state index >= 15 is 0 Å². The predicted octanol–water partition coefficient (Wildman–Crippen LogP) is 2.84. The van der Waals surface area contributed by atoms with Gasteiger partial charge in [-0.3, -0.25) is 9.59 Å². The summed E-state index contributed by atoms with van der Waals surface area (Å²) in [6.45, 7) is 0.432. The van der Waals surface area contributed by atoms with Crippen molar-refractivity contribution in [3.05, 3.63) is 23.2 Å². The van der Waals surface area contributed by atoms with Crippen molar-refractivity contribution in [2.24, 2.45) is 0 Å². The molecule has 2 amide bonds. The molecule has 0 aromatic heterocycles. The second-order valence-corrected chi connectivity index (χ2v) is 6.15. The van der Waals surface area contributed by atoms with E-state index in [0.29, 0.717) is 0 Å². The summed E-state index contributed by atoms with van der Waals surface area (Å²) >= 11 is 5.71. The predicted molar refractivity (Wildman–Crippen MR) is 82.1 cm³/mol. The Morgan fingerprint density at radius 2 is 1.30 bits per heavy atom. The zero-order chi connectivity index (χ0) is 21.4. The molecule has 6 nitrogen and oxygen atoms in total. The van der Waals surface area contributed by atoms with Gasteiger partial charge in [-0.1, -0.05) is 11.6 Å². The van der Waals surface area contributed by atoms with Crippen molar-refractivity contribution in [2.75, 3.05) is 10.6 Å². The van der Waals surface area contributed by atoms with Crippen LogP contribution in [0.1, 0.15) is 13.8 Å². The van der Waals surface area contributed by atoms with Crippen LogP contribution in [0.2, 0.25) is 5.02 Å². The van der Waals surface area contributed by atoms with Crippen LogP contribution in [0.5, 0.6) is 0 Å². The molecule has 27 heavy (non-hydrogen) atoms. The molecule has 0 aliphatic carbocycles. The molecule has 1 aromatic rings. The molecule has 0 saturated carbocycles. The maximum atomic E-state index is 12.6. The van der Waals surface area contributed by atoms with Crippen LogP contribution in [0.15, 0.2) is 18.2 Å². The molecule has 0 fully saturated rings. The molecule has 0 heterocycles. The van der Waals surface area contributed by atoms with Gasteiger partial charge in [0.25, 0.3) is 11.8 Å². The van der Waals surface area contributed by atoms with Crippen molar-refractivity contribution in [2.45, 2.75) is 37.4 Å². The molecule has 0 radical (unpaired) electrons. The molecule has 13 heteroatoms. The highest BCUT2D eigenvalue weighted by molar-refractivity contribution is 6.34. The third-order valence-corrected chi connectivity index (χ3v) is 3.78. The van der Waals surface area contributed by atoms with Crippen LogP contribution in [0, 0.1) is 0 Å². The lowest BCUT2D eigenvalue weighted by Gasteiger charge is -2.25. The van der Waals surface area contributed by atoms with E-state index in [0.717, 1.165) is 18.2 Å². The Morgan fingerprint density at radius 3 is 1.67 bits per heavy atom. The largest absolute Gasteiger partial charge is 0.426 e. The lowest BCUT2D eigenvalue weighted by Crippen LogP contribution is -2.52. The van der Waals surface area contributed by atoms with Gasteiger partial charge in [-0.2, -0.15) is 26.3 Å². The van der Waals surface area contributed by atoms with Gasteiger partial charge < -0.3 is 20.8 Å². The number of hydrogen-bond donors (Lipinski definition) is 4. The number of nitrogens with one attached hydrogen (secondary N) is 2. The monoisotopic (exact) mass is 422 g/mol. The zero-order valence-electron chi connectivity index (χ0n) is 13.6. The van der Waals surface area contributed by atoms with Gasteiger partial charge in [0.05, 0.1) is 10.7 Å².